The Hall–Kier alpha value is -2.59. The van der Waals surface area contributed by atoms with Crippen LogP contribution in [0.4, 0.5) is 19.3 Å². The zero-order valence-corrected chi connectivity index (χ0v) is 18.8. The quantitative estimate of drug-likeness (QED) is 0.733. The molecule has 5 heterocycles. The van der Waals surface area contributed by atoms with Gasteiger partial charge in [-0.2, -0.15) is 0 Å². The number of hydrogen-bond donors (Lipinski definition) is 2. The van der Waals surface area contributed by atoms with Crippen LogP contribution in [-0.2, 0) is 4.79 Å². The van der Waals surface area contributed by atoms with Crippen LogP contribution in [0.25, 0.3) is 11.0 Å². The number of nitrogens with one attached hydrogen (secondary N) is 2. The molecule has 0 aromatic carbocycles. The first-order chi connectivity index (χ1) is 15.8. The van der Waals surface area contributed by atoms with Crippen molar-refractivity contribution in [3.8, 4) is 0 Å². The predicted molar refractivity (Wildman–Crippen MR) is 121 cm³/mol. The van der Waals surface area contributed by atoms with E-state index in [1.807, 2.05) is 13.0 Å². The van der Waals surface area contributed by atoms with Crippen LogP contribution in [0.2, 0.25) is 0 Å². The van der Waals surface area contributed by atoms with Crippen LogP contribution in [-0.4, -0.2) is 71.6 Å². The second-order valence-electron chi connectivity index (χ2n) is 9.49. The molecule has 2 N–H and O–H groups in total. The zero-order chi connectivity index (χ0) is 23.2. The van der Waals surface area contributed by atoms with Crippen LogP contribution in [0, 0.1) is 12.8 Å². The molecule has 0 bridgehead atoms. The molecule has 5 rings (SSSR count). The summed E-state index contributed by atoms with van der Waals surface area (Å²) in [4.78, 5) is 32.0. The van der Waals surface area contributed by atoms with E-state index < -0.39 is 17.9 Å². The summed E-state index contributed by atoms with van der Waals surface area (Å²) in [6.07, 6.45) is 6.35. The number of carbonyl (C=O) groups is 2. The summed E-state index contributed by atoms with van der Waals surface area (Å²) < 4.78 is 30.6. The molecule has 3 saturated heterocycles. The third-order valence-electron chi connectivity index (χ3n) is 7.28. The molecule has 0 saturated carbocycles. The first-order valence-corrected chi connectivity index (χ1v) is 11.7. The summed E-state index contributed by atoms with van der Waals surface area (Å²) >= 11 is 0. The summed E-state index contributed by atoms with van der Waals surface area (Å²) in [5.74, 6) is -3.47. The van der Waals surface area contributed by atoms with Crippen molar-refractivity contribution in [3.63, 3.8) is 0 Å². The van der Waals surface area contributed by atoms with Gasteiger partial charge in [0.15, 0.2) is 0 Å². The van der Waals surface area contributed by atoms with Gasteiger partial charge in [-0.3, -0.25) is 15.0 Å². The molecule has 3 amide bonds. The van der Waals surface area contributed by atoms with Crippen molar-refractivity contribution in [2.45, 2.75) is 44.6 Å². The number of aromatic nitrogens is 2. The highest BCUT2D eigenvalue weighted by molar-refractivity contribution is 6.06. The number of imide groups is 1. The average Bonchev–Trinajstić information content (AvgIpc) is 3.11. The number of anilines is 1. The Morgan fingerprint density at radius 2 is 1.97 bits per heavy atom. The van der Waals surface area contributed by atoms with Gasteiger partial charge in [0.1, 0.15) is 5.65 Å². The molecule has 2 aromatic rings. The van der Waals surface area contributed by atoms with Crippen LogP contribution in [0.5, 0.6) is 0 Å². The van der Waals surface area contributed by atoms with E-state index in [1.54, 1.807) is 11.1 Å². The summed E-state index contributed by atoms with van der Waals surface area (Å²) in [5.41, 5.74) is 2.61. The SMILES string of the molecule is Cc1cn(C2CCN(CC3CCNCC3(F)F)CC2)c2ncc(N3CCC(=O)NC3=O)cc12. The fraction of sp³-hybridized carbons (Fsp3) is 0.609. The van der Waals surface area contributed by atoms with E-state index in [9.17, 15) is 18.4 Å². The van der Waals surface area contributed by atoms with Crippen LogP contribution in [0.3, 0.4) is 0 Å². The van der Waals surface area contributed by atoms with E-state index in [2.05, 4.69) is 31.3 Å². The van der Waals surface area contributed by atoms with Gasteiger partial charge in [0.25, 0.3) is 5.92 Å². The van der Waals surface area contributed by atoms with Crippen molar-refractivity contribution in [1.82, 2.24) is 25.1 Å². The third-order valence-corrected chi connectivity index (χ3v) is 7.28. The van der Waals surface area contributed by atoms with Gasteiger partial charge in [-0.25, -0.2) is 18.6 Å². The highest BCUT2D eigenvalue weighted by Gasteiger charge is 2.42. The van der Waals surface area contributed by atoms with Gasteiger partial charge in [-0.05, 0) is 44.4 Å². The number of hydrogen-bond acceptors (Lipinski definition) is 5. The summed E-state index contributed by atoms with van der Waals surface area (Å²) in [7, 11) is 0. The lowest BCUT2D eigenvalue weighted by molar-refractivity contribution is -0.120. The number of rotatable bonds is 4. The Morgan fingerprint density at radius 1 is 1.18 bits per heavy atom. The number of alkyl halides is 2. The van der Waals surface area contributed by atoms with Crippen molar-refractivity contribution in [2.24, 2.45) is 5.92 Å². The Morgan fingerprint density at radius 3 is 2.70 bits per heavy atom. The monoisotopic (exact) mass is 460 g/mol. The topological polar surface area (TPSA) is 82.5 Å². The molecule has 33 heavy (non-hydrogen) atoms. The van der Waals surface area contributed by atoms with Gasteiger partial charge in [0.2, 0.25) is 5.91 Å². The summed E-state index contributed by atoms with van der Waals surface area (Å²) in [6.45, 7) is 4.85. The van der Waals surface area contributed by atoms with Crippen LogP contribution < -0.4 is 15.5 Å². The maximum absolute atomic E-state index is 14.2. The van der Waals surface area contributed by atoms with Crippen LogP contribution in [0.1, 0.15) is 37.3 Å². The highest BCUT2D eigenvalue weighted by Crippen LogP contribution is 2.34. The minimum absolute atomic E-state index is 0.216. The molecule has 1 atom stereocenters. The molecule has 3 aliphatic rings. The second kappa shape index (κ2) is 8.64. The van der Waals surface area contributed by atoms with E-state index in [1.165, 1.54) is 0 Å². The molecular weight excluding hydrogens is 430 g/mol. The lowest BCUT2D eigenvalue weighted by Crippen LogP contribution is -2.51. The molecule has 178 valence electrons. The average molecular weight is 461 g/mol. The lowest BCUT2D eigenvalue weighted by Gasteiger charge is -2.38. The number of piperidine rings is 2. The normalized spacial score (nSPS) is 24.9. The minimum Gasteiger partial charge on any atom is -0.329 e. The largest absolute Gasteiger partial charge is 0.329 e. The molecule has 3 aliphatic heterocycles. The maximum atomic E-state index is 14.2. The summed E-state index contributed by atoms with van der Waals surface area (Å²) in [5, 5.41) is 6.13. The molecule has 2 aromatic heterocycles. The second-order valence-corrected chi connectivity index (χ2v) is 9.49. The molecule has 0 spiro atoms. The number of pyridine rings is 1. The Balaban J connectivity index is 1.28. The highest BCUT2D eigenvalue weighted by atomic mass is 19.3. The van der Waals surface area contributed by atoms with Crippen LogP contribution in [0.15, 0.2) is 18.5 Å². The molecule has 0 radical (unpaired) electrons. The maximum Gasteiger partial charge on any atom is 0.328 e. The number of carbonyl (C=O) groups excluding carboxylic acids is 2. The van der Waals surface area contributed by atoms with Gasteiger partial charge in [0.05, 0.1) is 18.4 Å². The Bertz CT molecular complexity index is 1060. The van der Waals surface area contributed by atoms with Crippen molar-refractivity contribution in [2.75, 3.05) is 44.2 Å². The first-order valence-electron chi connectivity index (χ1n) is 11.7. The van der Waals surface area contributed by atoms with Gasteiger partial charge < -0.3 is 14.8 Å². The van der Waals surface area contributed by atoms with Crippen molar-refractivity contribution in [1.29, 1.82) is 0 Å². The molecule has 1 unspecified atom stereocenters. The number of halogens is 2. The third kappa shape index (κ3) is 4.33. The number of aryl methyl sites for hydroxylation is 1. The van der Waals surface area contributed by atoms with E-state index in [0.717, 1.165) is 42.5 Å². The van der Waals surface area contributed by atoms with Gasteiger partial charge in [0, 0.05) is 56.1 Å². The molecule has 0 aliphatic carbocycles. The van der Waals surface area contributed by atoms with Crippen molar-refractivity contribution >= 4 is 28.7 Å². The van der Waals surface area contributed by atoms with Gasteiger partial charge >= 0.3 is 6.03 Å². The number of fused-ring (bicyclic) bond motifs is 1. The standard InChI is InChI=1S/C23H30F2N6O2/c1-15-12-31(17-3-7-29(8-4-17)13-16-2-6-26-14-23(16,24)25)21-19(15)10-18(11-27-21)30-9-5-20(32)28-22(30)33/h10-12,16-17,26H,2-9,13-14H2,1H3,(H,28,32,33). The molecule has 3 fully saturated rings. The fourth-order valence-electron chi connectivity index (χ4n) is 5.32. The Labute approximate surface area is 191 Å². The van der Waals surface area contributed by atoms with Crippen molar-refractivity contribution in [3.05, 3.63) is 24.0 Å². The first kappa shape index (κ1) is 22.2. The van der Waals surface area contributed by atoms with Gasteiger partial charge in [-0.15, -0.1) is 0 Å². The smallest absolute Gasteiger partial charge is 0.328 e. The number of amides is 3. The molecular formula is C23H30F2N6O2. The van der Waals surface area contributed by atoms with E-state index in [-0.39, 0.29) is 24.9 Å². The van der Waals surface area contributed by atoms with E-state index in [0.29, 0.717) is 31.7 Å². The number of likely N-dealkylation sites (tertiary alicyclic amines) is 1. The van der Waals surface area contributed by atoms with Crippen molar-refractivity contribution < 1.29 is 18.4 Å². The predicted octanol–water partition coefficient (Wildman–Crippen LogP) is 2.67. The molecule has 10 heteroatoms. The fourth-order valence-corrected chi connectivity index (χ4v) is 5.32. The lowest BCUT2D eigenvalue weighted by atomic mass is 9.92. The molecule has 8 nitrogen and oxygen atoms in total. The Kier molecular flexibility index (Phi) is 5.82. The summed E-state index contributed by atoms with van der Waals surface area (Å²) in [6, 6.07) is 1.80. The van der Waals surface area contributed by atoms with Crippen LogP contribution >= 0.6 is 0 Å². The zero-order valence-electron chi connectivity index (χ0n) is 18.8. The van der Waals surface area contributed by atoms with Gasteiger partial charge in [-0.1, -0.05) is 0 Å². The van der Waals surface area contributed by atoms with E-state index in [4.69, 9.17) is 0 Å². The number of nitrogens with zero attached hydrogens (tertiary/aromatic N) is 4. The van der Waals surface area contributed by atoms with E-state index >= 15 is 0 Å². The minimum atomic E-state index is -2.64. The number of urea groups is 1.